The molecule has 0 spiro atoms. The lowest BCUT2D eigenvalue weighted by Gasteiger charge is -2.12. The summed E-state index contributed by atoms with van der Waals surface area (Å²) in [5.41, 5.74) is 31.9. The standard InChI is InChI=1S/C24H29F2N9O.C24H24F2N8O2.C23H23F2N7O2.C20H19F2N7OS/c1-15(2)7-9-34-14-17(13-30-34)16-11-18(23(27)29-12-16)24-31-32-33-35(24)19-5-6-20(22(26)21(19)25)36-10-4-8-28-3;1-14(35)30-17-6-3-5-15(11-17)16-12-18(23(27)29-13-16)24-31-32-33-34(24)19-7-8-20(22(26)21(19)25)36-10-4-9-28-2;1-27-9-4-10-34-19-8-7-18(20(24)21(19)25)32-23(29-30-31-32)17-12-15(13-28-22(17)26)14-5-3-6-16(11-14)33-2;1-24-6-2-7-30-16-4-3-15(17(21)18(16)22)29-20(26-27-28-29)14-9-13(10-25-19(14)23)12-5-8-31-11-12/h5-6,11-15,28H,4,7-10H2,1-3H3,(H2,27,29);3,5-8,11-13,28H,4,9-10H2,1-2H3,(H2,27,29)(H,30,35);3,5-8,11-13,27H,4,9-10H2,1-2H3,(H2,26,28);3-5,8-11,24H,2,6-7H2,1H3,(H2,23,25). The lowest BCUT2D eigenvalue weighted by molar-refractivity contribution is -0.114. The third-order valence-corrected chi connectivity index (χ3v) is 21.2. The fraction of sp³-hybridized carbons (Fsp3) is 0.253. The molecule has 0 atom stereocenters. The molecule has 13 N–H and O–H groups in total. The number of aromatic nitrogens is 22. The Balaban J connectivity index is 0.000000155. The molecule has 6 aromatic carbocycles. The van der Waals surface area contributed by atoms with Crippen LogP contribution in [0.4, 0.5) is 64.1 Å². The quantitative estimate of drug-likeness (QED) is 0.0129. The second-order valence-electron chi connectivity index (χ2n) is 30.5. The van der Waals surface area contributed by atoms with Crippen molar-refractivity contribution in [2.24, 2.45) is 5.92 Å². The number of anilines is 5. The number of nitrogens with two attached hydrogens (primary N) is 4. The van der Waals surface area contributed by atoms with E-state index in [1.54, 1.807) is 120 Å². The Morgan fingerprint density at radius 2 is 0.752 bits per heavy atom. The second kappa shape index (κ2) is 47.1. The van der Waals surface area contributed by atoms with Crippen molar-refractivity contribution in [1.29, 1.82) is 0 Å². The number of rotatable bonds is 37. The number of hydrogen-bond acceptors (Lipinski definition) is 32. The summed E-state index contributed by atoms with van der Waals surface area (Å²) in [4.78, 5) is 28.4. The number of halogens is 8. The van der Waals surface area contributed by atoms with E-state index in [0.29, 0.717) is 97.0 Å². The third-order valence-electron chi connectivity index (χ3n) is 20.5. The van der Waals surface area contributed by atoms with Crippen molar-refractivity contribution >= 4 is 46.2 Å². The van der Waals surface area contributed by atoms with Gasteiger partial charge in [-0.25, -0.2) is 37.5 Å². The molecule has 0 unspecified atom stereocenters. The number of amides is 1. The van der Waals surface area contributed by atoms with Gasteiger partial charge in [0.25, 0.3) is 0 Å². The number of nitrogens with zero attached hydrogens (tertiary/aromatic N) is 22. The molecule has 0 aliphatic rings. The van der Waals surface area contributed by atoms with Crippen molar-refractivity contribution in [3.8, 4) is 142 Å². The molecule has 0 saturated carbocycles. The van der Waals surface area contributed by atoms with Gasteiger partial charge in [0.15, 0.2) is 69.6 Å². The van der Waals surface area contributed by atoms with Crippen LogP contribution in [0.2, 0.25) is 0 Å². The monoisotopic (exact) mass is 1900 g/mol. The number of carbonyl (C=O) groups excluding carboxylic acids is 1. The molecule has 0 saturated heterocycles. The molecule has 16 aromatic rings. The van der Waals surface area contributed by atoms with Crippen LogP contribution < -0.4 is 73.2 Å². The number of tetrazole rings is 4. The van der Waals surface area contributed by atoms with E-state index in [4.69, 9.17) is 46.6 Å². The van der Waals surface area contributed by atoms with Crippen LogP contribution in [0.1, 0.15) is 52.9 Å². The van der Waals surface area contributed by atoms with E-state index in [2.05, 4.69) is 128 Å². The van der Waals surface area contributed by atoms with Gasteiger partial charge in [0.2, 0.25) is 29.2 Å². The maximum atomic E-state index is 15.0. The van der Waals surface area contributed by atoms with E-state index in [-0.39, 0.29) is 125 Å². The fourth-order valence-electron chi connectivity index (χ4n) is 13.5. The maximum Gasteiger partial charge on any atom is 0.221 e. The first-order valence-electron chi connectivity index (χ1n) is 42.7. The van der Waals surface area contributed by atoms with Crippen molar-refractivity contribution in [3.63, 3.8) is 0 Å². The zero-order valence-electron chi connectivity index (χ0n) is 75.2. The lowest BCUT2D eigenvalue weighted by Crippen LogP contribution is -2.12. The van der Waals surface area contributed by atoms with E-state index in [1.165, 1.54) is 55.5 Å². The highest BCUT2D eigenvalue weighted by Crippen LogP contribution is 2.39. The van der Waals surface area contributed by atoms with Gasteiger partial charge in [-0.1, -0.05) is 38.1 Å². The maximum absolute atomic E-state index is 15.0. The second-order valence-corrected chi connectivity index (χ2v) is 31.3. The highest BCUT2D eigenvalue weighted by atomic mass is 32.1. The summed E-state index contributed by atoms with van der Waals surface area (Å²) in [7, 11) is 8.77. The summed E-state index contributed by atoms with van der Waals surface area (Å²) < 4.78 is 152. The van der Waals surface area contributed by atoms with E-state index >= 15 is 8.78 Å². The van der Waals surface area contributed by atoms with Gasteiger partial charge in [-0.2, -0.15) is 52.7 Å². The number of methoxy groups -OCH3 is 1. The normalized spacial score (nSPS) is 11.1. The van der Waals surface area contributed by atoms with Gasteiger partial charge in [0.05, 0.1) is 62.0 Å². The molecule has 37 nitrogen and oxygen atoms in total. The summed E-state index contributed by atoms with van der Waals surface area (Å²) in [6, 6.07) is 34.1. The Morgan fingerprint density at radius 3 is 1.08 bits per heavy atom. The summed E-state index contributed by atoms with van der Waals surface area (Å²) >= 11 is 1.54. The zero-order valence-corrected chi connectivity index (χ0v) is 76.1. The van der Waals surface area contributed by atoms with Crippen LogP contribution >= 0.6 is 11.3 Å². The summed E-state index contributed by atoms with van der Waals surface area (Å²) in [5.74, 6) is -7.80. The molecule has 0 fully saturated rings. The van der Waals surface area contributed by atoms with Crippen LogP contribution in [-0.4, -0.2) is 204 Å². The SMILES string of the molecule is CNCCCOc1ccc(-n2nnnc2-c2cc(-c3cccc(NC(C)=O)c3)cnc2N)c(F)c1F.CNCCCOc1ccc(-n2nnnc2-c2cc(-c3cccc(OC)c3)cnc2N)c(F)c1F.CNCCCOc1ccc(-n2nnnc2-c2cc(-c3ccsc3)cnc2N)c(F)c1F.CNCCCOc1ccc(-n2nnnc2-c2cc(-c3cnn(CCC(C)C)c3)cnc2N)c(F)c1F. The zero-order chi connectivity index (χ0) is 97.2. The fourth-order valence-corrected chi connectivity index (χ4v) is 14.1. The summed E-state index contributed by atoms with van der Waals surface area (Å²) in [6.07, 6.45) is 13.7. The Bertz CT molecular complexity index is 6780. The molecule has 10 heterocycles. The van der Waals surface area contributed by atoms with Crippen LogP contribution in [0.3, 0.4) is 0 Å². The minimum absolute atomic E-state index is 0.0702. The number of aryl methyl sites for hydroxylation is 1. The van der Waals surface area contributed by atoms with Crippen molar-refractivity contribution in [1.82, 2.24) is 132 Å². The predicted octanol–water partition coefficient (Wildman–Crippen LogP) is 13.2. The van der Waals surface area contributed by atoms with E-state index in [9.17, 15) is 31.1 Å². The number of pyridine rings is 4. The molecular weight excluding hydrogens is 1810 g/mol. The van der Waals surface area contributed by atoms with Crippen molar-refractivity contribution < 1.29 is 63.6 Å². The molecule has 1 amide bonds. The summed E-state index contributed by atoms with van der Waals surface area (Å²) in [6.45, 7) is 10.3. The van der Waals surface area contributed by atoms with Crippen LogP contribution in [0.5, 0.6) is 28.7 Å². The first-order chi connectivity index (χ1) is 66.4. The van der Waals surface area contributed by atoms with Gasteiger partial charge in [-0.15, -0.1) is 20.4 Å². The Morgan fingerprint density at radius 1 is 0.409 bits per heavy atom. The Labute approximate surface area is 782 Å². The molecule has 0 aliphatic carbocycles. The minimum Gasteiger partial charge on any atom is -0.497 e. The lowest BCUT2D eigenvalue weighted by atomic mass is 10.0. The van der Waals surface area contributed by atoms with Gasteiger partial charge in [0.1, 0.15) is 51.8 Å². The van der Waals surface area contributed by atoms with Gasteiger partial charge >= 0.3 is 0 Å². The number of benzene rings is 6. The van der Waals surface area contributed by atoms with Crippen LogP contribution in [0.25, 0.3) is 113 Å². The highest BCUT2D eigenvalue weighted by molar-refractivity contribution is 7.08. The predicted molar refractivity (Wildman–Crippen MR) is 499 cm³/mol. The molecule has 0 aliphatic heterocycles. The molecule has 712 valence electrons. The molecule has 10 aromatic heterocycles. The van der Waals surface area contributed by atoms with Crippen LogP contribution in [0, 0.1) is 52.5 Å². The minimum atomic E-state index is -1.17. The number of carbonyl (C=O) groups is 1. The highest BCUT2D eigenvalue weighted by Gasteiger charge is 2.29. The average Bonchev–Trinajstić information content (AvgIpc) is 1.72. The van der Waals surface area contributed by atoms with Gasteiger partial charge in [-0.05, 0) is 265 Å². The van der Waals surface area contributed by atoms with Gasteiger partial charge in [-0.3, -0.25) is 9.48 Å². The number of hydrogen-bond donors (Lipinski definition) is 9. The number of thiophene rings is 1. The average molecular weight is 1900 g/mol. The largest absolute Gasteiger partial charge is 0.497 e. The molecule has 16 rings (SSSR count). The molecule has 0 radical (unpaired) electrons. The van der Waals surface area contributed by atoms with Crippen LogP contribution in [-0.2, 0) is 11.3 Å². The first-order valence-corrected chi connectivity index (χ1v) is 43.6. The molecule has 0 bridgehead atoms. The number of ether oxygens (including phenoxy) is 5. The number of nitrogen functional groups attached to an aromatic ring is 4. The van der Waals surface area contributed by atoms with Crippen molar-refractivity contribution in [3.05, 3.63) is 222 Å². The van der Waals surface area contributed by atoms with Crippen molar-refractivity contribution in [2.45, 2.75) is 59.4 Å². The van der Waals surface area contributed by atoms with E-state index in [1.807, 2.05) is 58.0 Å². The first kappa shape index (κ1) is 98.6. The van der Waals surface area contributed by atoms with Gasteiger partial charge < -0.3 is 73.2 Å². The Kier molecular flexibility index (Phi) is 33.9. The smallest absolute Gasteiger partial charge is 0.221 e. The van der Waals surface area contributed by atoms with Crippen molar-refractivity contribution in [2.75, 3.05) is 116 Å². The molecule has 46 heteroatoms. The van der Waals surface area contributed by atoms with Crippen LogP contribution in [0.15, 0.2) is 175 Å². The summed E-state index contributed by atoms with van der Waals surface area (Å²) in [5, 5.41) is 68.8. The molecular formula is C91H95F8N31O6S. The third kappa shape index (κ3) is 24.2. The van der Waals surface area contributed by atoms with Gasteiger partial charge in [0, 0.05) is 78.0 Å². The number of nitrogens with one attached hydrogen (secondary N) is 5. The molecule has 137 heavy (non-hydrogen) atoms. The topological polar surface area (TPSA) is 471 Å². The Hall–Kier alpha value is -15.9. The van der Waals surface area contributed by atoms with E-state index in [0.717, 1.165) is 70.6 Å². The van der Waals surface area contributed by atoms with E-state index < -0.39 is 46.5 Å².